The Balaban J connectivity index is 2.18. The van der Waals surface area contributed by atoms with E-state index in [1.807, 2.05) is 0 Å². The van der Waals surface area contributed by atoms with E-state index in [0.29, 0.717) is 5.92 Å². The van der Waals surface area contributed by atoms with E-state index in [1.165, 1.54) is 17.5 Å². The molecule has 1 heterocycles. The zero-order valence-electron chi connectivity index (χ0n) is 9.58. The molecule has 1 aliphatic heterocycles. The largest absolute Gasteiger partial charge is 0.381 e. The first-order valence-electron chi connectivity index (χ1n) is 5.78. The highest BCUT2D eigenvalue weighted by Gasteiger charge is 2.23. The highest BCUT2D eigenvalue weighted by molar-refractivity contribution is 9.10. The average Bonchev–Trinajstić information content (AvgIpc) is 2.32. The quantitative estimate of drug-likeness (QED) is 0.905. The minimum Gasteiger partial charge on any atom is -0.381 e. The Hall–Kier alpha value is -0.380. The SMILES string of the molecule is Cc1ccc(Br)c(C(N)C2CCCOC2)c1. The van der Waals surface area contributed by atoms with Crippen molar-refractivity contribution in [2.75, 3.05) is 13.2 Å². The van der Waals surface area contributed by atoms with Crippen molar-refractivity contribution in [3.63, 3.8) is 0 Å². The Morgan fingerprint density at radius 3 is 3.00 bits per heavy atom. The van der Waals surface area contributed by atoms with Crippen molar-refractivity contribution in [2.45, 2.75) is 25.8 Å². The van der Waals surface area contributed by atoms with Crippen LogP contribution in [0.2, 0.25) is 0 Å². The van der Waals surface area contributed by atoms with Gasteiger partial charge in [-0.1, -0.05) is 33.6 Å². The molecule has 16 heavy (non-hydrogen) atoms. The second-order valence-corrected chi connectivity index (χ2v) is 5.38. The van der Waals surface area contributed by atoms with Crippen molar-refractivity contribution in [1.29, 1.82) is 0 Å². The second kappa shape index (κ2) is 5.30. The third kappa shape index (κ3) is 2.65. The summed E-state index contributed by atoms with van der Waals surface area (Å²) in [6, 6.07) is 6.42. The maximum absolute atomic E-state index is 6.33. The van der Waals surface area contributed by atoms with Crippen molar-refractivity contribution in [1.82, 2.24) is 0 Å². The van der Waals surface area contributed by atoms with Crippen LogP contribution in [0, 0.1) is 12.8 Å². The third-order valence-corrected chi connectivity index (χ3v) is 3.94. The summed E-state index contributed by atoms with van der Waals surface area (Å²) in [5.74, 6) is 0.451. The Morgan fingerprint density at radius 2 is 2.31 bits per heavy atom. The minimum atomic E-state index is 0.0783. The first-order valence-corrected chi connectivity index (χ1v) is 6.57. The lowest BCUT2D eigenvalue weighted by Gasteiger charge is -2.28. The van der Waals surface area contributed by atoms with Gasteiger partial charge < -0.3 is 10.5 Å². The fraction of sp³-hybridized carbons (Fsp3) is 0.538. The summed E-state index contributed by atoms with van der Waals surface area (Å²) in [6.07, 6.45) is 2.29. The first-order chi connectivity index (χ1) is 7.68. The molecule has 1 fully saturated rings. The van der Waals surface area contributed by atoms with Crippen LogP contribution in [0.1, 0.15) is 30.0 Å². The van der Waals surface area contributed by atoms with Crippen LogP contribution >= 0.6 is 15.9 Å². The third-order valence-electron chi connectivity index (χ3n) is 3.21. The van der Waals surface area contributed by atoms with E-state index in [1.54, 1.807) is 0 Å². The zero-order chi connectivity index (χ0) is 11.5. The fourth-order valence-corrected chi connectivity index (χ4v) is 2.73. The van der Waals surface area contributed by atoms with Crippen LogP contribution in [-0.4, -0.2) is 13.2 Å². The van der Waals surface area contributed by atoms with Crippen molar-refractivity contribution in [2.24, 2.45) is 11.7 Å². The molecule has 3 heteroatoms. The van der Waals surface area contributed by atoms with Crippen molar-refractivity contribution in [3.8, 4) is 0 Å². The molecule has 1 aromatic rings. The van der Waals surface area contributed by atoms with Crippen LogP contribution in [0.25, 0.3) is 0 Å². The predicted octanol–water partition coefficient (Wildman–Crippen LogP) is 3.18. The van der Waals surface area contributed by atoms with E-state index in [4.69, 9.17) is 10.5 Å². The Labute approximate surface area is 105 Å². The van der Waals surface area contributed by atoms with Crippen LogP contribution in [0.4, 0.5) is 0 Å². The van der Waals surface area contributed by atoms with Gasteiger partial charge in [-0.25, -0.2) is 0 Å². The molecular weight excluding hydrogens is 266 g/mol. The van der Waals surface area contributed by atoms with Crippen LogP contribution in [0.15, 0.2) is 22.7 Å². The fourth-order valence-electron chi connectivity index (χ4n) is 2.22. The number of hydrogen-bond donors (Lipinski definition) is 1. The lowest BCUT2D eigenvalue weighted by atomic mass is 9.89. The van der Waals surface area contributed by atoms with Gasteiger partial charge in [0.15, 0.2) is 0 Å². The molecule has 0 radical (unpaired) electrons. The van der Waals surface area contributed by atoms with Gasteiger partial charge in [-0.05, 0) is 31.4 Å². The van der Waals surface area contributed by atoms with Gasteiger partial charge in [0, 0.05) is 23.0 Å². The van der Waals surface area contributed by atoms with Crippen LogP contribution < -0.4 is 5.73 Å². The number of ether oxygens (including phenoxy) is 1. The summed E-state index contributed by atoms with van der Waals surface area (Å²) in [5.41, 5.74) is 8.79. The zero-order valence-corrected chi connectivity index (χ0v) is 11.2. The standard InChI is InChI=1S/C13H18BrNO/c1-9-4-5-12(14)11(7-9)13(15)10-3-2-6-16-8-10/h4-5,7,10,13H,2-3,6,8,15H2,1H3. The maximum Gasteiger partial charge on any atom is 0.0512 e. The van der Waals surface area contributed by atoms with Crippen LogP contribution in [0.5, 0.6) is 0 Å². The van der Waals surface area contributed by atoms with E-state index in [0.717, 1.165) is 24.1 Å². The van der Waals surface area contributed by atoms with E-state index < -0.39 is 0 Å². The molecule has 1 aromatic carbocycles. The van der Waals surface area contributed by atoms with E-state index in [-0.39, 0.29) is 6.04 Å². The normalized spacial score (nSPS) is 23.1. The van der Waals surface area contributed by atoms with Gasteiger partial charge in [0.1, 0.15) is 0 Å². The van der Waals surface area contributed by atoms with Crippen LogP contribution in [-0.2, 0) is 4.74 Å². The summed E-state index contributed by atoms with van der Waals surface area (Å²) >= 11 is 3.58. The van der Waals surface area contributed by atoms with E-state index in [2.05, 4.69) is 41.1 Å². The highest BCUT2D eigenvalue weighted by Crippen LogP contribution is 2.31. The van der Waals surface area contributed by atoms with Crippen molar-refractivity contribution < 1.29 is 4.74 Å². The molecule has 0 spiro atoms. The van der Waals surface area contributed by atoms with Gasteiger partial charge >= 0.3 is 0 Å². The maximum atomic E-state index is 6.33. The molecule has 2 atom stereocenters. The second-order valence-electron chi connectivity index (χ2n) is 4.53. The molecule has 88 valence electrons. The van der Waals surface area contributed by atoms with Crippen LogP contribution in [0.3, 0.4) is 0 Å². The number of benzene rings is 1. The number of nitrogens with two attached hydrogens (primary N) is 1. The van der Waals surface area contributed by atoms with Gasteiger partial charge in [-0.3, -0.25) is 0 Å². The Bertz CT molecular complexity index is 361. The smallest absolute Gasteiger partial charge is 0.0512 e. The number of aryl methyl sites for hydroxylation is 1. The van der Waals surface area contributed by atoms with Crippen molar-refractivity contribution >= 4 is 15.9 Å². The average molecular weight is 284 g/mol. The van der Waals surface area contributed by atoms with E-state index in [9.17, 15) is 0 Å². The Kier molecular flexibility index (Phi) is 4.00. The van der Waals surface area contributed by atoms with Gasteiger partial charge in [0.25, 0.3) is 0 Å². The summed E-state index contributed by atoms with van der Waals surface area (Å²) in [4.78, 5) is 0. The summed E-state index contributed by atoms with van der Waals surface area (Å²) in [6.45, 7) is 3.78. The topological polar surface area (TPSA) is 35.2 Å². The van der Waals surface area contributed by atoms with Gasteiger partial charge in [-0.2, -0.15) is 0 Å². The summed E-state index contributed by atoms with van der Waals surface area (Å²) in [7, 11) is 0. The molecule has 1 saturated heterocycles. The molecule has 0 saturated carbocycles. The summed E-state index contributed by atoms with van der Waals surface area (Å²) < 4.78 is 6.61. The number of hydrogen-bond acceptors (Lipinski definition) is 2. The van der Waals surface area contributed by atoms with Gasteiger partial charge in [0.05, 0.1) is 6.61 Å². The van der Waals surface area contributed by atoms with Gasteiger partial charge in [-0.15, -0.1) is 0 Å². The summed E-state index contributed by atoms with van der Waals surface area (Å²) in [5, 5.41) is 0. The first kappa shape index (κ1) is 12.1. The number of halogens is 1. The molecule has 0 aromatic heterocycles. The van der Waals surface area contributed by atoms with Crippen molar-refractivity contribution in [3.05, 3.63) is 33.8 Å². The molecule has 0 aliphatic carbocycles. The molecule has 0 bridgehead atoms. The lowest BCUT2D eigenvalue weighted by Crippen LogP contribution is -2.29. The molecule has 0 amide bonds. The number of rotatable bonds is 2. The Morgan fingerprint density at radius 1 is 1.50 bits per heavy atom. The predicted molar refractivity (Wildman–Crippen MR) is 69.4 cm³/mol. The monoisotopic (exact) mass is 283 g/mol. The van der Waals surface area contributed by atoms with Gasteiger partial charge in [0.2, 0.25) is 0 Å². The van der Waals surface area contributed by atoms with E-state index >= 15 is 0 Å². The molecular formula is C13H18BrNO. The minimum absolute atomic E-state index is 0.0783. The highest BCUT2D eigenvalue weighted by atomic mass is 79.9. The lowest BCUT2D eigenvalue weighted by molar-refractivity contribution is 0.0447. The molecule has 2 unspecified atom stereocenters. The molecule has 2 N–H and O–H groups in total. The molecule has 1 aliphatic rings. The molecule has 2 rings (SSSR count). The molecule has 2 nitrogen and oxygen atoms in total.